The molecule has 0 amide bonds. The molecule has 1 aliphatic carbocycles. The third kappa shape index (κ3) is 2.41. The summed E-state index contributed by atoms with van der Waals surface area (Å²) in [6, 6.07) is 0. The predicted octanol–water partition coefficient (Wildman–Crippen LogP) is 3.04. The number of hydrogen-bond donors (Lipinski definition) is 0. The van der Waals surface area contributed by atoms with E-state index in [2.05, 4.69) is 13.2 Å². The quantitative estimate of drug-likeness (QED) is 0.602. The molecule has 1 aliphatic rings. The molecule has 0 aromatic heterocycles. The van der Waals surface area contributed by atoms with Crippen LogP contribution in [0.25, 0.3) is 0 Å². The normalized spacial score (nSPS) is 19.8. The zero-order valence-corrected chi connectivity index (χ0v) is 7.96. The molecule has 0 aliphatic heterocycles. The van der Waals surface area contributed by atoms with E-state index >= 15 is 0 Å². The lowest BCUT2D eigenvalue weighted by Crippen LogP contribution is -2.21. The van der Waals surface area contributed by atoms with Gasteiger partial charge in [-0.25, -0.2) is 0 Å². The lowest BCUT2D eigenvalue weighted by Gasteiger charge is -2.30. The van der Waals surface area contributed by atoms with Crippen molar-refractivity contribution in [2.75, 3.05) is 0 Å². The van der Waals surface area contributed by atoms with Crippen LogP contribution in [0.2, 0.25) is 0 Å². The predicted molar refractivity (Wildman–Crippen MR) is 55.4 cm³/mol. The van der Waals surface area contributed by atoms with Crippen LogP contribution in [0.5, 0.6) is 0 Å². The summed E-state index contributed by atoms with van der Waals surface area (Å²) in [4.78, 5) is 11.0. The van der Waals surface area contributed by atoms with Gasteiger partial charge in [-0.15, -0.1) is 13.2 Å². The lowest BCUT2D eigenvalue weighted by atomic mass is 9.74. The van der Waals surface area contributed by atoms with E-state index < -0.39 is 0 Å². The first-order valence-corrected chi connectivity index (χ1v) is 4.66. The van der Waals surface area contributed by atoms with Crippen molar-refractivity contribution in [1.82, 2.24) is 0 Å². The number of allylic oxidation sites excluding steroid dienone is 4. The van der Waals surface area contributed by atoms with Crippen LogP contribution < -0.4 is 0 Å². The number of carbonyl (C=O) groups is 1. The van der Waals surface area contributed by atoms with Crippen LogP contribution in [0.3, 0.4) is 0 Å². The zero-order chi connectivity index (χ0) is 9.73. The van der Waals surface area contributed by atoms with Gasteiger partial charge >= 0.3 is 0 Å². The van der Waals surface area contributed by atoms with Gasteiger partial charge in [0.05, 0.1) is 0 Å². The van der Waals surface area contributed by atoms with Gasteiger partial charge in [-0.05, 0) is 30.8 Å². The van der Waals surface area contributed by atoms with Gasteiger partial charge in [-0.3, -0.25) is 4.79 Å². The molecule has 1 nitrogen and oxygen atoms in total. The number of ketones is 1. The topological polar surface area (TPSA) is 17.1 Å². The molecule has 0 bridgehead atoms. The number of carbonyl (C=O) groups excluding carboxylic acids is 1. The molecule has 0 aromatic carbocycles. The molecule has 0 N–H and O–H groups in total. The molecule has 13 heavy (non-hydrogen) atoms. The van der Waals surface area contributed by atoms with Crippen LogP contribution >= 0.6 is 0 Å². The molecule has 0 fully saturated rings. The molecule has 0 radical (unpaired) electrons. The summed E-state index contributed by atoms with van der Waals surface area (Å²) in [5, 5.41) is 0. The average molecular weight is 176 g/mol. The van der Waals surface area contributed by atoms with Crippen molar-refractivity contribution in [3.05, 3.63) is 37.5 Å². The van der Waals surface area contributed by atoms with E-state index in [1.165, 1.54) is 0 Å². The smallest absolute Gasteiger partial charge is 0.155 e. The van der Waals surface area contributed by atoms with Crippen LogP contribution in [0.15, 0.2) is 37.5 Å². The van der Waals surface area contributed by atoms with E-state index in [1.807, 2.05) is 18.2 Å². The van der Waals surface area contributed by atoms with Crippen LogP contribution in [0.4, 0.5) is 0 Å². The number of rotatable bonds is 4. The largest absolute Gasteiger partial charge is 0.295 e. The Hall–Kier alpha value is -1.11. The molecular formula is C12H16O. The van der Waals surface area contributed by atoms with Gasteiger partial charge in [0.1, 0.15) is 0 Å². The Morgan fingerprint density at radius 2 is 2.00 bits per heavy atom. The molecule has 70 valence electrons. The van der Waals surface area contributed by atoms with Gasteiger partial charge in [0.2, 0.25) is 0 Å². The van der Waals surface area contributed by atoms with Crippen molar-refractivity contribution in [2.24, 2.45) is 5.41 Å². The summed E-state index contributed by atoms with van der Waals surface area (Å²) in [5.41, 5.74) is 0.122. The zero-order valence-electron chi connectivity index (χ0n) is 7.96. The SMILES string of the molecule is C=CCC1(CC=C)C=CC(=O)CC1. The second-order valence-corrected chi connectivity index (χ2v) is 3.65. The first-order chi connectivity index (χ1) is 6.22. The summed E-state index contributed by atoms with van der Waals surface area (Å²) in [6.45, 7) is 7.50. The van der Waals surface area contributed by atoms with Gasteiger partial charge in [-0.2, -0.15) is 0 Å². The van der Waals surface area contributed by atoms with Crippen LogP contribution in [-0.2, 0) is 4.79 Å². The molecule has 1 rings (SSSR count). The van der Waals surface area contributed by atoms with E-state index in [9.17, 15) is 4.79 Å². The molecule has 0 saturated heterocycles. The second kappa shape index (κ2) is 4.22. The lowest BCUT2D eigenvalue weighted by molar-refractivity contribution is -0.115. The molecule has 0 aromatic rings. The fourth-order valence-corrected chi connectivity index (χ4v) is 1.81. The van der Waals surface area contributed by atoms with Crippen LogP contribution in [0.1, 0.15) is 25.7 Å². The minimum Gasteiger partial charge on any atom is -0.295 e. The van der Waals surface area contributed by atoms with Crippen molar-refractivity contribution >= 4 is 5.78 Å². The van der Waals surface area contributed by atoms with E-state index in [1.54, 1.807) is 6.08 Å². The first-order valence-electron chi connectivity index (χ1n) is 4.66. The third-order valence-electron chi connectivity index (χ3n) is 2.59. The fraction of sp³-hybridized carbons (Fsp3) is 0.417. The maximum absolute atomic E-state index is 11.0. The Balaban J connectivity index is 2.78. The summed E-state index contributed by atoms with van der Waals surface area (Å²) < 4.78 is 0. The van der Waals surface area contributed by atoms with Gasteiger partial charge in [-0.1, -0.05) is 18.2 Å². The van der Waals surface area contributed by atoms with Gasteiger partial charge in [0, 0.05) is 6.42 Å². The fourth-order valence-electron chi connectivity index (χ4n) is 1.81. The maximum atomic E-state index is 11.0. The minimum absolute atomic E-state index is 0.122. The van der Waals surface area contributed by atoms with Crippen molar-refractivity contribution in [3.8, 4) is 0 Å². The molecular weight excluding hydrogens is 160 g/mol. The molecule has 0 spiro atoms. The Labute approximate surface area is 79.8 Å². The Morgan fingerprint density at radius 3 is 2.38 bits per heavy atom. The molecule has 0 saturated carbocycles. The second-order valence-electron chi connectivity index (χ2n) is 3.65. The summed E-state index contributed by atoms with van der Waals surface area (Å²) in [5.74, 6) is 0.240. The van der Waals surface area contributed by atoms with E-state index in [-0.39, 0.29) is 11.2 Å². The molecule has 1 heteroatoms. The van der Waals surface area contributed by atoms with Crippen molar-refractivity contribution in [2.45, 2.75) is 25.7 Å². The Morgan fingerprint density at radius 1 is 1.38 bits per heavy atom. The van der Waals surface area contributed by atoms with Gasteiger partial charge in [0.25, 0.3) is 0 Å². The van der Waals surface area contributed by atoms with Gasteiger partial charge in [0.15, 0.2) is 5.78 Å². The van der Waals surface area contributed by atoms with E-state index in [0.717, 1.165) is 19.3 Å². The summed E-state index contributed by atoms with van der Waals surface area (Å²) in [6.07, 6.45) is 11.0. The Kier molecular flexibility index (Phi) is 3.24. The molecule has 0 unspecified atom stereocenters. The highest BCUT2D eigenvalue weighted by Gasteiger charge is 2.27. The molecule has 0 atom stereocenters. The highest BCUT2D eigenvalue weighted by atomic mass is 16.1. The minimum atomic E-state index is 0.122. The van der Waals surface area contributed by atoms with Crippen LogP contribution in [0, 0.1) is 5.41 Å². The maximum Gasteiger partial charge on any atom is 0.155 e. The molecule has 0 heterocycles. The number of hydrogen-bond acceptors (Lipinski definition) is 1. The first kappa shape index (κ1) is 9.97. The standard InChI is InChI=1S/C12H16O/c1-3-7-12(8-4-2)9-5-11(13)6-10-12/h3-5,9H,1-2,6-8,10H2. The average Bonchev–Trinajstić information content (AvgIpc) is 2.11. The van der Waals surface area contributed by atoms with Crippen molar-refractivity contribution in [1.29, 1.82) is 0 Å². The van der Waals surface area contributed by atoms with Gasteiger partial charge < -0.3 is 0 Å². The third-order valence-corrected chi connectivity index (χ3v) is 2.59. The van der Waals surface area contributed by atoms with Crippen molar-refractivity contribution < 1.29 is 4.79 Å². The summed E-state index contributed by atoms with van der Waals surface area (Å²) >= 11 is 0. The van der Waals surface area contributed by atoms with E-state index in [4.69, 9.17) is 0 Å². The highest BCUT2D eigenvalue weighted by Crippen LogP contribution is 2.37. The van der Waals surface area contributed by atoms with Crippen LogP contribution in [-0.4, -0.2) is 5.78 Å². The van der Waals surface area contributed by atoms with Crippen molar-refractivity contribution in [3.63, 3.8) is 0 Å². The Bertz CT molecular complexity index is 238. The van der Waals surface area contributed by atoms with E-state index in [0.29, 0.717) is 6.42 Å². The highest BCUT2D eigenvalue weighted by molar-refractivity contribution is 5.90. The summed E-state index contributed by atoms with van der Waals surface area (Å²) in [7, 11) is 0. The monoisotopic (exact) mass is 176 g/mol.